The van der Waals surface area contributed by atoms with E-state index in [0.717, 1.165) is 82.3 Å². The van der Waals surface area contributed by atoms with Crippen molar-refractivity contribution < 1.29 is 14.7 Å². The molecule has 3 N–H and O–H groups in total. The molecule has 2 amide bonds. The van der Waals surface area contributed by atoms with Gasteiger partial charge in [-0.2, -0.15) is 0 Å². The number of rotatable bonds is 5. The first-order valence-corrected chi connectivity index (χ1v) is 12.6. The predicted octanol–water partition coefficient (Wildman–Crippen LogP) is 3.31. The zero-order valence-electron chi connectivity index (χ0n) is 18.8. The van der Waals surface area contributed by atoms with E-state index in [9.17, 15) is 14.7 Å². The van der Waals surface area contributed by atoms with Crippen molar-refractivity contribution in [3.63, 3.8) is 0 Å². The molecular formula is C26H35N3O3. The number of hydrogen-bond donors (Lipinski definition) is 3. The zero-order valence-corrected chi connectivity index (χ0v) is 18.8. The van der Waals surface area contributed by atoms with E-state index in [-0.39, 0.29) is 35.3 Å². The molecule has 6 fully saturated rings. The molecule has 0 radical (unpaired) electrons. The highest BCUT2D eigenvalue weighted by molar-refractivity contribution is 5.94. The van der Waals surface area contributed by atoms with Crippen LogP contribution in [0.4, 0.5) is 11.4 Å². The average molecular weight is 438 g/mol. The first-order chi connectivity index (χ1) is 15.5. The van der Waals surface area contributed by atoms with Crippen LogP contribution in [0.2, 0.25) is 0 Å². The van der Waals surface area contributed by atoms with Gasteiger partial charge in [-0.1, -0.05) is 0 Å². The number of piperidine rings is 1. The van der Waals surface area contributed by atoms with Gasteiger partial charge in [-0.05, 0) is 99.8 Å². The minimum Gasteiger partial charge on any atom is -0.393 e. The van der Waals surface area contributed by atoms with Gasteiger partial charge in [-0.15, -0.1) is 0 Å². The summed E-state index contributed by atoms with van der Waals surface area (Å²) in [5, 5.41) is 17.0. The number of nitrogens with zero attached hydrogens (tertiary/aromatic N) is 1. The molecule has 2 unspecified atom stereocenters. The monoisotopic (exact) mass is 437 g/mol. The highest BCUT2D eigenvalue weighted by Crippen LogP contribution is 2.60. The van der Waals surface area contributed by atoms with Crippen molar-refractivity contribution in [2.75, 3.05) is 23.3 Å². The number of aliphatic hydroxyl groups excluding tert-OH is 1. The maximum Gasteiger partial charge on any atom is 0.227 e. The third-order valence-electron chi connectivity index (χ3n) is 8.91. The summed E-state index contributed by atoms with van der Waals surface area (Å²) in [5.41, 5.74) is 1.77. The van der Waals surface area contributed by atoms with Crippen molar-refractivity contribution in [3.05, 3.63) is 24.3 Å². The number of amides is 2. The van der Waals surface area contributed by atoms with Crippen molar-refractivity contribution in [1.29, 1.82) is 0 Å². The van der Waals surface area contributed by atoms with E-state index >= 15 is 0 Å². The molecule has 3 atom stereocenters. The first kappa shape index (κ1) is 20.5. The van der Waals surface area contributed by atoms with E-state index in [1.165, 1.54) is 0 Å². The summed E-state index contributed by atoms with van der Waals surface area (Å²) in [5.74, 6) is 1.87. The van der Waals surface area contributed by atoms with Gasteiger partial charge in [-0.25, -0.2) is 0 Å². The molecule has 172 valence electrons. The van der Waals surface area contributed by atoms with Crippen molar-refractivity contribution in [1.82, 2.24) is 5.32 Å². The maximum absolute atomic E-state index is 13.5. The van der Waals surface area contributed by atoms with Crippen LogP contribution in [0.15, 0.2) is 24.3 Å². The topological polar surface area (TPSA) is 81.7 Å². The number of anilines is 2. The third kappa shape index (κ3) is 3.70. The summed E-state index contributed by atoms with van der Waals surface area (Å²) in [6.07, 6.45) is 8.90. The van der Waals surface area contributed by atoms with Gasteiger partial charge in [0.05, 0.1) is 11.5 Å². The molecule has 1 saturated heterocycles. The lowest BCUT2D eigenvalue weighted by atomic mass is 9.48. The first-order valence-electron chi connectivity index (χ1n) is 12.6. The summed E-state index contributed by atoms with van der Waals surface area (Å²) < 4.78 is 0. The second kappa shape index (κ2) is 7.75. The van der Waals surface area contributed by atoms with Crippen molar-refractivity contribution >= 4 is 23.2 Å². The van der Waals surface area contributed by atoms with Crippen LogP contribution in [0.3, 0.4) is 0 Å². The minimum absolute atomic E-state index is 0.135. The number of aliphatic hydroxyl groups is 1. The van der Waals surface area contributed by atoms with Gasteiger partial charge in [0.2, 0.25) is 11.8 Å². The number of carbonyl (C=O) groups is 2. The number of nitrogens with one attached hydrogen (secondary N) is 2. The van der Waals surface area contributed by atoms with Gasteiger partial charge in [0, 0.05) is 36.4 Å². The van der Waals surface area contributed by atoms with Crippen LogP contribution in [0.1, 0.15) is 57.8 Å². The molecule has 6 heteroatoms. The Hall–Kier alpha value is -2.08. The summed E-state index contributed by atoms with van der Waals surface area (Å²) in [7, 11) is 0. The van der Waals surface area contributed by atoms with E-state index in [0.29, 0.717) is 17.8 Å². The molecule has 32 heavy (non-hydrogen) atoms. The molecule has 1 heterocycles. The molecule has 0 aromatic heterocycles. The van der Waals surface area contributed by atoms with Gasteiger partial charge in [0.15, 0.2) is 0 Å². The Kier molecular flexibility index (Phi) is 4.97. The van der Waals surface area contributed by atoms with Crippen LogP contribution >= 0.6 is 0 Å². The number of carbonyl (C=O) groups excluding carboxylic acids is 2. The van der Waals surface area contributed by atoms with E-state index in [4.69, 9.17) is 0 Å². The summed E-state index contributed by atoms with van der Waals surface area (Å²) in [6, 6.07) is 8.29. The summed E-state index contributed by atoms with van der Waals surface area (Å²) >= 11 is 0. The smallest absolute Gasteiger partial charge is 0.227 e. The van der Waals surface area contributed by atoms with E-state index in [1.807, 2.05) is 12.1 Å². The molecule has 6 aliphatic rings. The Morgan fingerprint density at radius 2 is 1.72 bits per heavy atom. The van der Waals surface area contributed by atoms with Crippen LogP contribution in [0.25, 0.3) is 0 Å². The Balaban J connectivity index is 1.08. The molecule has 1 aromatic rings. The van der Waals surface area contributed by atoms with Crippen molar-refractivity contribution in [2.24, 2.45) is 29.1 Å². The molecule has 5 saturated carbocycles. The predicted molar refractivity (Wildman–Crippen MR) is 123 cm³/mol. The van der Waals surface area contributed by atoms with Crippen LogP contribution in [0, 0.1) is 29.1 Å². The van der Waals surface area contributed by atoms with E-state index in [1.54, 1.807) is 0 Å². The zero-order chi connectivity index (χ0) is 21.9. The normalized spacial score (nSPS) is 37.9. The molecule has 7 rings (SSSR count). The molecule has 1 aliphatic heterocycles. The highest BCUT2D eigenvalue weighted by Gasteiger charge is 2.58. The molecule has 6 nitrogen and oxygen atoms in total. The highest BCUT2D eigenvalue weighted by atomic mass is 16.3. The number of benzene rings is 1. The summed E-state index contributed by atoms with van der Waals surface area (Å²) in [6.45, 7) is 1.82. The van der Waals surface area contributed by atoms with Crippen LogP contribution in [0.5, 0.6) is 0 Å². The Bertz CT molecular complexity index is 880. The van der Waals surface area contributed by atoms with Gasteiger partial charge >= 0.3 is 0 Å². The van der Waals surface area contributed by atoms with Crippen LogP contribution in [-0.4, -0.2) is 42.2 Å². The molecule has 4 bridgehead atoms. The van der Waals surface area contributed by atoms with E-state index < -0.39 is 0 Å². The molecular weight excluding hydrogens is 402 g/mol. The van der Waals surface area contributed by atoms with E-state index in [2.05, 4.69) is 27.7 Å². The lowest BCUT2D eigenvalue weighted by molar-refractivity contribution is -0.163. The minimum atomic E-state index is -0.237. The Labute approximate surface area is 190 Å². The largest absolute Gasteiger partial charge is 0.393 e. The molecule has 5 aliphatic carbocycles. The Morgan fingerprint density at radius 3 is 2.41 bits per heavy atom. The van der Waals surface area contributed by atoms with Gasteiger partial charge in [0.1, 0.15) is 0 Å². The van der Waals surface area contributed by atoms with Gasteiger partial charge in [-0.3, -0.25) is 9.59 Å². The quantitative estimate of drug-likeness (QED) is 0.660. The second-order valence-corrected chi connectivity index (χ2v) is 11.3. The van der Waals surface area contributed by atoms with Crippen LogP contribution < -0.4 is 15.5 Å². The lowest BCUT2D eigenvalue weighted by Crippen LogP contribution is -2.60. The fourth-order valence-corrected chi connectivity index (χ4v) is 7.29. The Morgan fingerprint density at radius 1 is 1.00 bits per heavy atom. The maximum atomic E-state index is 13.5. The second-order valence-electron chi connectivity index (χ2n) is 11.3. The SMILES string of the molecule is O=C(Nc1ccc(N2CCC[C@H](NC(=O)C34CC5CC(C3)C(O)C(C5)C4)C2)cc1)C1CC1. The van der Waals surface area contributed by atoms with Gasteiger partial charge in [0.25, 0.3) is 0 Å². The van der Waals surface area contributed by atoms with Gasteiger partial charge < -0.3 is 20.6 Å². The standard InChI is InChI=1S/C26H35N3O3/c30-23-18-10-16-11-19(23)14-26(12-16,13-18)25(32)28-21-2-1-9-29(15-21)22-7-5-20(6-8-22)27-24(31)17-3-4-17/h5-8,16-19,21,23,30H,1-4,9-15H2,(H,27,31)(H,28,32)/t16?,18?,19?,21-,23?,26?/m0/s1. The third-order valence-corrected chi connectivity index (χ3v) is 8.91. The average Bonchev–Trinajstić information content (AvgIpc) is 3.63. The van der Waals surface area contributed by atoms with Crippen molar-refractivity contribution in [2.45, 2.75) is 69.9 Å². The molecule has 0 spiro atoms. The lowest BCUT2D eigenvalue weighted by Gasteiger charge is -2.58. The van der Waals surface area contributed by atoms with Crippen molar-refractivity contribution in [3.8, 4) is 0 Å². The summed E-state index contributed by atoms with van der Waals surface area (Å²) in [4.78, 5) is 27.8. The number of hydrogen-bond acceptors (Lipinski definition) is 4. The fraction of sp³-hybridized carbons (Fsp3) is 0.692. The van der Waals surface area contributed by atoms with Crippen LogP contribution in [-0.2, 0) is 9.59 Å². The fourth-order valence-electron chi connectivity index (χ4n) is 7.29. The molecule has 1 aromatic carbocycles.